The van der Waals surface area contributed by atoms with Crippen molar-refractivity contribution in [1.29, 1.82) is 0 Å². The largest absolute Gasteiger partial charge is 0.370 e. The van der Waals surface area contributed by atoms with Crippen LogP contribution >= 0.6 is 0 Å². The molecule has 0 spiro atoms. The summed E-state index contributed by atoms with van der Waals surface area (Å²) in [6.45, 7) is 7.83. The average Bonchev–Trinajstić information content (AvgIpc) is 3.01. The molecule has 0 unspecified atom stereocenters. The lowest BCUT2D eigenvalue weighted by molar-refractivity contribution is 0.591. The van der Waals surface area contributed by atoms with Crippen LogP contribution < -0.4 is 5.32 Å². The van der Waals surface area contributed by atoms with E-state index in [2.05, 4.69) is 38.5 Å². The van der Waals surface area contributed by atoms with Crippen LogP contribution in [0, 0.1) is 20.8 Å². The molecule has 0 radical (unpaired) electrons. The topological polar surface area (TPSA) is 68.5 Å². The molecule has 0 saturated heterocycles. The van der Waals surface area contributed by atoms with E-state index in [1.165, 1.54) is 5.56 Å². The van der Waals surface area contributed by atoms with Crippen molar-refractivity contribution in [2.75, 3.05) is 11.9 Å². The Morgan fingerprint density at radius 3 is 2.71 bits per heavy atom. The Morgan fingerprint density at radius 2 is 2.00 bits per heavy atom. The number of hydrogen-bond donors (Lipinski definition) is 1. The third-order valence-corrected chi connectivity index (χ3v) is 3.93. The van der Waals surface area contributed by atoms with Gasteiger partial charge in [-0.15, -0.1) is 0 Å². The van der Waals surface area contributed by atoms with Crippen LogP contribution in [0.15, 0.2) is 36.9 Å². The van der Waals surface area contributed by atoms with Gasteiger partial charge in [0.25, 0.3) is 0 Å². The van der Waals surface area contributed by atoms with Crippen LogP contribution in [0.4, 0.5) is 5.82 Å². The van der Waals surface area contributed by atoms with Gasteiger partial charge in [-0.05, 0) is 44.9 Å². The molecule has 0 aliphatic rings. The summed E-state index contributed by atoms with van der Waals surface area (Å²) in [7, 11) is 0. The van der Waals surface area contributed by atoms with E-state index in [9.17, 15) is 0 Å². The van der Waals surface area contributed by atoms with E-state index in [0.717, 1.165) is 42.1 Å². The van der Waals surface area contributed by atoms with Gasteiger partial charge in [0, 0.05) is 48.5 Å². The monoisotopic (exact) mass is 322 g/mol. The van der Waals surface area contributed by atoms with E-state index in [0.29, 0.717) is 5.82 Å². The van der Waals surface area contributed by atoms with Crippen molar-refractivity contribution in [3.8, 4) is 11.4 Å². The van der Waals surface area contributed by atoms with Crippen molar-refractivity contribution in [2.24, 2.45) is 0 Å². The van der Waals surface area contributed by atoms with Gasteiger partial charge >= 0.3 is 0 Å². The van der Waals surface area contributed by atoms with E-state index in [1.54, 1.807) is 12.4 Å². The van der Waals surface area contributed by atoms with Crippen LogP contribution in [0.5, 0.6) is 0 Å². The van der Waals surface area contributed by atoms with Gasteiger partial charge in [0.1, 0.15) is 5.82 Å². The maximum absolute atomic E-state index is 4.67. The molecule has 3 aromatic heterocycles. The normalized spacial score (nSPS) is 10.8. The first kappa shape index (κ1) is 16.1. The third-order valence-electron chi connectivity index (χ3n) is 3.93. The molecule has 0 bridgehead atoms. The number of nitrogens with one attached hydrogen (secondary N) is 1. The highest BCUT2D eigenvalue weighted by atomic mass is 15.3. The zero-order valence-corrected chi connectivity index (χ0v) is 14.3. The third kappa shape index (κ3) is 3.76. The minimum atomic E-state index is 0.705. The maximum Gasteiger partial charge on any atom is 0.163 e. The second kappa shape index (κ2) is 7.21. The molecule has 6 nitrogen and oxygen atoms in total. The van der Waals surface area contributed by atoms with Crippen LogP contribution in [-0.2, 0) is 6.54 Å². The SMILES string of the molecule is Cc1cnn(CCCNc2nc(-c3cccnc3)nc(C)c2C)c1. The summed E-state index contributed by atoms with van der Waals surface area (Å²) in [5.74, 6) is 1.59. The molecule has 0 aliphatic heterocycles. The Balaban J connectivity index is 1.67. The summed E-state index contributed by atoms with van der Waals surface area (Å²) >= 11 is 0. The first-order valence-corrected chi connectivity index (χ1v) is 8.12. The highest BCUT2D eigenvalue weighted by Gasteiger charge is 2.09. The van der Waals surface area contributed by atoms with Crippen LogP contribution in [0.2, 0.25) is 0 Å². The van der Waals surface area contributed by atoms with Gasteiger partial charge in [0.05, 0.1) is 6.20 Å². The number of rotatable bonds is 6. The van der Waals surface area contributed by atoms with Gasteiger partial charge in [-0.1, -0.05) is 0 Å². The van der Waals surface area contributed by atoms with E-state index < -0.39 is 0 Å². The minimum absolute atomic E-state index is 0.705. The van der Waals surface area contributed by atoms with Crippen molar-refractivity contribution in [1.82, 2.24) is 24.7 Å². The Morgan fingerprint density at radius 1 is 1.12 bits per heavy atom. The van der Waals surface area contributed by atoms with E-state index in [4.69, 9.17) is 0 Å². The molecule has 6 heteroatoms. The van der Waals surface area contributed by atoms with Gasteiger partial charge in [0.15, 0.2) is 5.82 Å². The van der Waals surface area contributed by atoms with Crippen LogP contribution in [0.3, 0.4) is 0 Å². The molecule has 3 heterocycles. The van der Waals surface area contributed by atoms with Crippen LogP contribution in [0.25, 0.3) is 11.4 Å². The zero-order chi connectivity index (χ0) is 16.9. The lowest BCUT2D eigenvalue weighted by Crippen LogP contribution is -2.11. The van der Waals surface area contributed by atoms with E-state index in [1.807, 2.05) is 36.9 Å². The molecule has 3 rings (SSSR count). The summed E-state index contributed by atoms with van der Waals surface area (Å²) in [5, 5.41) is 7.73. The molecule has 0 saturated carbocycles. The molecule has 3 aromatic rings. The average molecular weight is 322 g/mol. The van der Waals surface area contributed by atoms with Crippen molar-refractivity contribution in [3.05, 3.63) is 53.7 Å². The number of nitrogens with zero attached hydrogens (tertiary/aromatic N) is 5. The zero-order valence-electron chi connectivity index (χ0n) is 14.3. The Bertz CT molecular complexity index is 810. The number of hydrogen-bond acceptors (Lipinski definition) is 5. The van der Waals surface area contributed by atoms with E-state index in [-0.39, 0.29) is 0 Å². The van der Waals surface area contributed by atoms with E-state index >= 15 is 0 Å². The van der Waals surface area contributed by atoms with Gasteiger partial charge in [0.2, 0.25) is 0 Å². The quantitative estimate of drug-likeness (QED) is 0.706. The molecule has 0 amide bonds. The molecule has 0 fully saturated rings. The highest BCUT2D eigenvalue weighted by molar-refractivity contribution is 5.58. The van der Waals surface area contributed by atoms with Gasteiger partial charge < -0.3 is 5.32 Å². The molecule has 1 N–H and O–H groups in total. The second-order valence-corrected chi connectivity index (χ2v) is 5.91. The minimum Gasteiger partial charge on any atom is -0.370 e. The number of aromatic nitrogens is 5. The predicted octanol–water partition coefficient (Wildman–Crippen LogP) is 3.16. The van der Waals surface area contributed by atoms with Crippen molar-refractivity contribution >= 4 is 5.82 Å². The first-order valence-electron chi connectivity index (χ1n) is 8.12. The van der Waals surface area contributed by atoms with Gasteiger partial charge in [-0.25, -0.2) is 9.97 Å². The van der Waals surface area contributed by atoms with Crippen LogP contribution in [-0.4, -0.2) is 31.3 Å². The Hall–Kier alpha value is -2.76. The lowest BCUT2D eigenvalue weighted by Gasteiger charge is -2.12. The lowest BCUT2D eigenvalue weighted by atomic mass is 10.2. The summed E-state index contributed by atoms with van der Waals surface area (Å²) < 4.78 is 1.97. The molecular weight excluding hydrogens is 300 g/mol. The molecule has 24 heavy (non-hydrogen) atoms. The van der Waals surface area contributed by atoms with Crippen LogP contribution in [0.1, 0.15) is 23.2 Å². The summed E-state index contributed by atoms with van der Waals surface area (Å²) in [6, 6.07) is 3.87. The molecule has 0 aromatic carbocycles. The summed E-state index contributed by atoms with van der Waals surface area (Å²) in [4.78, 5) is 13.4. The molecule has 124 valence electrons. The number of anilines is 1. The van der Waals surface area contributed by atoms with Crippen molar-refractivity contribution in [2.45, 2.75) is 33.7 Å². The Labute approximate surface area is 142 Å². The fourth-order valence-electron chi connectivity index (χ4n) is 2.46. The molecule has 0 aliphatic carbocycles. The maximum atomic E-state index is 4.67. The summed E-state index contributed by atoms with van der Waals surface area (Å²) in [5.41, 5.74) is 4.17. The smallest absolute Gasteiger partial charge is 0.163 e. The number of pyridine rings is 1. The summed E-state index contributed by atoms with van der Waals surface area (Å²) in [6.07, 6.45) is 8.45. The van der Waals surface area contributed by atoms with Crippen molar-refractivity contribution in [3.63, 3.8) is 0 Å². The fourth-order valence-corrected chi connectivity index (χ4v) is 2.46. The molecular formula is C18H22N6. The predicted molar refractivity (Wildman–Crippen MR) is 94.8 cm³/mol. The van der Waals surface area contributed by atoms with Gasteiger partial charge in [-0.3, -0.25) is 9.67 Å². The number of aryl methyl sites for hydroxylation is 3. The first-order chi connectivity index (χ1) is 11.6. The van der Waals surface area contributed by atoms with Crippen molar-refractivity contribution < 1.29 is 0 Å². The Kier molecular flexibility index (Phi) is 4.84. The highest BCUT2D eigenvalue weighted by Crippen LogP contribution is 2.20. The van der Waals surface area contributed by atoms with Gasteiger partial charge in [-0.2, -0.15) is 5.10 Å². The second-order valence-electron chi connectivity index (χ2n) is 5.91. The molecule has 0 atom stereocenters. The fraction of sp³-hybridized carbons (Fsp3) is 0.333. The standard InChI is InChI=1S/C18H22N6/c1-13-10-21-24(12-13)9-5-8-20-17-14(2)15(3)22-18(23-17)16-6-4-7-19-11-16/h4,6-7,10-12H,5,8-9H2,1-3H3,(H,20,22,23).